The molecule has 0 saturated carbocycles. The number of hydrogen-bond donors (Lipinski definition) is 1. The Hall–Kier alpha value is -1.62. The van der Waals surface area contributed by atoms with E-state index in [0.29, 0.717) is 16.4 Å². The molecule has 6 heteroatoms. The summed E-state index contributed by atoms with van der Waals surface area (Å²) in [4.78, 5) is 14.7. The summed E-state index contributed by atoms with van der Waals surface area (Å²) in [5.74, 6) is -1.04. The Morgan fingerprint density at radius 3 is 3.00 bits per heavy atom. The van der Waals surface area contributed by atoms with Crippen molar-refractivity contribution in [1.29, 1.82) is 0 Å². The second kappa shape index (κ2) is 3.75. The average molecular weight is 242 g/mol. The van der Waals surface area contributed by atoms with Gasteiger partial charge < -0.3 is 5.73 Å². The van der Waals surface area contributed by atoms with Crippen LogP contribution in [0.25, 0.3) is 5.65 Å². The van der Waals surface area contributed by atoms with Crippen LogP contribution < -0.4 is 5.73 Å². The van der Waals surface area contributed by atoms with Crippen LogP contribution in [0.5, 0.6) is 0 Å². The molecule has 2 rings (SSSR count). The number of nitrogens with two attached hydrogens (primary N) is 1. The molecule has 4 nitrogen and oxygen atoms in total. The fraction of sp³-hybridized carbons (Fsp3) is 0.200. The molecule has 0 aliphatic carbocycles. The fourth-order valence-corrected chi connectivity index (χ4v) is 1.71. The standard InChI is InChI=1S/C10H9ClFN3O/c1-5-9(11)15-4-6(3-8(13)16)2-7(12)10(15)14-5/h2,4H,3H2,1H3,(H2,13,16). The van der Waals surface area contributed by atoms with Crippen molar-refractivity contribution in [3.63, 3.8) is 0 Å². The number of amides is 1. The number of fused-ring (bicyclic) bond motifs is 1. The summed E-state index contributed by atoms with van der Waals surface area (Å²) in [5.41, 5.74) is 6.20. The van der Waals surface area contributed by atoms with E-state index in [1.807, 2.05) is 0 Å². The number of primary amides is 1. The Kier molecular flexibility index (Phi) is 2.55. The maximum atomic E-state index is 13.6. The van der Waals surface area contributed by atoms with Crippen molar-refractivity contribution in [3.05, 3.63) is 34.5 Å². The van der Waals surface area contributed by atoms with E-state index in [1.165, 1.54) is 10.5 Å². The molecule has 84 valence electrons. The minimum absolute atomic E-state index is 0.0274. The molecule has 0 radical (unpaired) electrons. The van der Waals surface area contributed by atoms with Crippen LogP contribution in [0.2, 0.25) is 5.15 Å². The lowest BCUT2D eigenvalue weighted by atomic mass is 10.2. The summed E-state index contributed by atoms with van der Waals surface area (Å²) in [5, 5.41) is 0.334. The maximum Gasteiger partial charge on any atom is 0.221 e. The molecule has 0 unspecified atom stereocenters. The number of carbonyl (C=O) groups is 1. The van der Waals surface area contributed by atoms with Crippen LogP contribution in [0.3, 0.4) is 0 Å². The first-order valence-corrected chi connectivity index (χ1v) is 4.97. The summed E-state index contributed by atoms with van der Waals surface area (Å²) in [6.45, 7) is 1.68. The third-order valence-corrected chi connectivity index (χ3v) is 2.67. The van der Waals surface area contributed by atoms with Gasteiger partial charge in [0.25, 0.3) is 0 Å². The van der Waals surface area contributed by atoms with Crippen molar-refractivity contribution in [3.8, 4) is 0 Å². The minimum atomic E-state index is -0.522. The topological polar surface area (TPSA) is 60.4 Å². The molecule has 2 N–H and O–H groups in total. The zero-order valence-corrected chi connectivity index (χ0v) is 9.25. The smallest absolute Gasteiger partial charge is 0.221 e. The van der Waals surface area contributed by atoms with Gasteiger partial charge in [0.15, 0.2) is 11.5 Å². The predicted molar refractivity (Wildman–Crippen MR) is 57.8 cm³/mol. The van der Waals surface area contributed by atoms with Gasteiger partial charge in [0.2, 0.25) is 5.91 Å². The van der Waals surface area contributed by atoms with Gasteiger partial charge in [-0.25, -0.2) is 9.37 Å². The minimum Gasteiger partial charge on any atom is -0.369 e. The molecular weight excluding hydrogens is 233 g/mol. The Labute approximate surface area is 95.8 Å². The second-order valence-corrected chi connectivity index (χ2v) is 3.88. The predicted octanol–water partition coefficient (Wildman–Crippen LogP) is 1.46. The van der Waals surface area contributed by atoms with Gasteiger partial charge in [-0.1, -0.05) is 11.6 Å². The Balaban J connectivity index is 2.65. The van der Waals surface area contributed by atoms with Gasteiger partial charge >= 0.3 is 0 Å². The highest BCUT2D eigenvalue weighted by Gasteiger charge is 2.12. The van der Waals surface area contributed by atoms with Crippen molar-refractivity contribution in [2.75, 3.05) is 0 Å². The molecule has 0 atom stereocenters. The van der Waals surface area contributed by atoms with Crippen LogP contribution in [0.15, 0.2) is 12.3 Å². The number of aryl methyl sites for hydroxylation is 1. The summed E-state index contributed by atoms with van der Waals surface area (Å²) in [6, 6.07) is 1.24. The number of imidazole rings is 1. The molecule has 0 fully saturated rings. The normalized spacial score (nSPS) is 10.9. The first-order valence-electron chi connectivity index (χ1n) is 4.60. The number of rotatable bonds is 2. The van der Waals surface area contributed by atoms with E-state index >= 15 is 0 Å². The highest BCUT2D eigenvalue weighted by Crippen LogP contribution is 2.20. The van der Waals surface area contributed by atoms with E-state index in [1.54, 1.807) is 13.1 Å². The summed E-state index contributed by atoms with van der Waals surface area (Å²) >= 11 is 5.94. The van der Waals surface area contributed by atoms with Crippen LogP contribution in [0.1, 0.15) is 11.3 Å². The Morgan fingerprint density at radius 1 is 1.69 bits per heavy atom. The van der Waals surface area contributed by atoms with Crippen molar-refractivity contribution in [2.45, 2.75) is 13.3 Å². The molecule has 0 spiro atoms. The molecule has 0 aliphatic rings. The largest absolute Gasteiger partial charge is 0.369 e. The van der Waals surface area contributed by atoms with Crippen molar-refractivity contribution in [1.82, 2.24) is 9.38 Å². The third kappa shape index (κ3) is 1.74. The quantitative estimate of drug-likeness (QED) is 0.865. The maximum absolute atomic E-state index is 13.6. The molecule has 2 heterocycles. The Morgan fingerprint density at radius 2 is 2.38 bits per heavy atom. The third-order valence-electron chi connectivity index (χ3n) is 2.21. The van der Waals surface area contributed by atoms with Gasteiger partial charge in [0.05, 0.1) is 12.1 Å². The number of hydrogen-bond acceptors (Lipinski definition) is 2. The highest BCUT2D eigenvalue weighted by atomic mass is 35.5. The van der Waals surface area contributed by atoms with Gasteiger partial charge in [0.1, 0.15) is 5.15 Å². The second-order valence-electron chi connectivity index (χ2n) is 3.52. The van der Waals surface area contributed by atoms with E-state index in [4.69, 9.17) is 17.3 Å². The van der Waals surface area contributed by atoms with Crippen molar-refractivity contribution < 1.29 is 9.18 Å². The number of aromatic nitrogens is 2. The van der Waals surface area contributed by atoms with E-state index in [-0.39, 0.29) is 12.1 Å². The van der Waals surface area contributed by atoms with Crippen molar-refractivity contribution >= 4 is 23.2 Å². The number of carbonyl (C=O) groups excluding carboxylic acids is 1. The van der Waals surface area contributed by atoms with E-state index in [0.717, 1.165) is 0 Å². The molecule has 0 aliphatic heterocycles. The lowest BCUT2D eigenvalue weighted by Gasteiger charge is -2.01. The zero-order chi connectivity index (χ0) is 11.9. The first-order chi connectivity index (χ1) is 7.49. The van der Waals surface area contributed by atoms with Crippen LogP contribution >= 0.6 is 11.6 Å². The number of nitrogens with zero attached hydrogens (tertiary/aromatic N) is 2. The average Bonchev–Trinajstić information content (AvgIpc) is 2.45. The molecule has 16 heavy (non-hydrogen) atoms. The highest BCUT2D eigenvalue weighted by molar-refractivity contribution is 6.30. The van der Waals surface area contributed by atoms with Gasteiger partial charge in [0, 0.05) is 6.20 Å². The molecular formula is C10H9ClFN3O. The van der Waals surface area contributed by atoms with Gasteiger partial charge in [-0.2, -0.15) is 0 Å². The Bertz CT molecular complexity index is 579. The SMILES string of the molecule is Cc1nc2c(F)cc(CC(N)=O)cn2c1Cl. The monoisotopic (exact) mass is 241 g/mol. The summed E-state index contributed by atoms with van der Waals surface area (Å²) in [7, 11) is 0. The van der Waals surface area contributed by atoms with Gasteiger partial charge in [-0.05, 0) is 18.6 Å². The van der Waals surface area contributed by atoms with E-state index < -0.39 is 11.7 Å². The van der Waals surface area contributed by atoms with Crippen LogP contribution in [0, 0.1) is 12.7 Å². The summed E-state index contributed by atoms with van der Waals surface area (Å²) < 4.78 is 15.0. The summed E-state index contributed by atoms with van der Waals surface area (Å²) in [6.07, 6.45) is 1.53. The van der Waals surface area contributed by atoms with Gasteiger partial charge in [-0.3, -0.25) is 9.20 Å². The first kappa shape index (κ1) is 10.9. The van der Waals surface area contributed by atoms with Crippen LogP contribution in [-0.4, -0.2) is 15.3 Å². The zero-order valence-electron chi connectivity index (χ0n) is 8.50. The van der Waals surface area contributed by atoms with E-state index in [9.17, 15) is 9.18 Å². The number of pyridine rings is 1. The fourth-order valence-electron chi connectivity index (χ4n) is 1.54. The van der Waals surface area contributed by atoms with Gasteiger partial charge in [-0.15, -0.1) is 0 Å². The molecule has 1 amide bonds. The van der Waals surface area contributed by atoms with E-state index in [2.05, 4.69) is 4.98 Å². The molecule has 2 aromatic heterocycles. The molecule has 0 aromatic carbocycles. The molecule has 0 bridgehead atoms. The molecule has 2 aromatic rings. The van der Waals surface area contributed by atoms with Crippen molar-refractivity contribution in [2.24, 2.45) is 5.73 Å². The lowest BCUT2D eigenvalue weighted by molar-refractivity contribution is -0.117. The number of halogens is 2. The molecule has 0 saturated heterocycles. The van der Waals surface area contributed by atoms with Crippen LogP contribution in [0.4, 0.5) is 4.39 Å². The van der Waals surface area contributed by atoms with Crippen LogP contribution in [-0.2, 0) is 11.2 Å². The lowest BCUT2D eigenvalue weighted by Crippen LogP contribution is -2.14.